The van der Waals surface area contributed by atoms with Gasteiger partial charge in [-0.25, -0.2) is 14.8 Å². The van der Waals surface area contributed by atoms with Gasteiger partial charge in [0.1, 0.15) is 11.4 Å². The van der Waals surface area contributed by atoms with Crippen LogP contribution in [0.1, 0.15) is 49.0 Å². The van der Waals surface area contributed by atoms with E-state index >= 15 is 0 Å². The lowest BCUT2D eigenvalue weighted by Crippen LogP contribution is -2.51. The molecule has 32 heavy (non-hydrogen) atoms. The van der Waals surface area contributed by atoms with E-state index in [0.717, 1.165) is 12.3 Å². The van der Waals surface area contributed by atoms with E-state index in [9.17, 15) is 9.59 Å². The van der Waals surface area contributed by atoms with Gasteiger partial charge >= 0.3 is 6.03 Å². The highest BCUT2D eigenvalue weighted by atomic mass is 16.5. The van der Waals surface area contributed by atoms with Crippen LogP contribution in [0, 0.1) is 5.92 Å². The molecule has 2 aromatic heterocycles. The first-order valence-electron chi connectivity index (χ1n) is 11.4. The molecule has 2 aromatic rings. The van der Waals surface area contributed by atoms with E-state index in [1.54, 1.807) is 28.3 Å². The molecule has 9 nitrogen and oxygen atoms in total. The Bertz CT molecular complexity index is 878. The Morgan fingerprint density at radius 2 is 1.75 bits per heavy atom. The third-order valence-corrected chi connectivity index (χ3v) is 6.13. The van der Waals surface area contributed by atoms with Crippen molar-refractivity contribution in [2.45, 2.75) is 38.5 Å². The number of nitrogens with one attached hydrogen (secondary N) is 1. The second-order valence-corrected chi connectivity index (χ2v) is 8.32. The second kappa shape index (κ2) is 10.9. The van der Waals surface area contributed by atoms with Crippen molar-refractivity contribution in [3.8, 4) is 5.75 Å². The maximum absolute atomic E-state index is 12.8. The van der Waals surface area contributed by atoms with Crippen molar-refractivity contribution in [3.63, 3.8) is 0 Å². The van der Waals surface area contributed by atoms with Gasteiger partial charge in [0, 0.05) is 38.6 Å². The van der Waals surface area contributed by atoms with Gasteiger partial charge in [0.25, 0.3) is 5.91 Å². The number of ether oxygens (including phenoxy) is 1. The predicted molar refractivity (Wildman–Crippen MR) is 119 cm³/mol. The molecule has 2 fully saturated rings. The van der Waals surface area contributed by atoms with Gasteiger partial charge in [-0.1, -0.05) is 32.1 Å². The number of aromatic nitrogens is 3. The number of rotatable bonds is 6. The molecule has 0 aromatic carbocycles. The van der Waals surface area contributed by atoms with Gasteiger partial charge < -0.3 is 14.5 Å². The first-order chi connectivity index (χ1) is 15.7. The zero-order valence-corrected chi connectivity index (χ0v) is 18.3. The standard InChI is InChI=1S/C23H30N6O3/c30-22(20-7-6-19(16-26-20)32-15-8-18-4-2-1-3-5-18)28-11-13-29(14-12-28)23(31)27-21-17-24-9-10-25-21/h6-7,9-10,16-18H,1-5,8,11-15H2,(H,25,27,31). The van der Waals surface area contributed by atoms with E-state index in [-0.39, 0.29) is 11.9 Å². The van der Waals surface area contributed by atoms with E-state index in [2.05, 4.69) is 20.3 Å². The van der Waals surface area contributed by atoms with E-state index in [0.29, 0.717) is 50.0 Å². The highest BCUT2D eigenvalue weighted by Crippen LogP contribution is 2.26. The summed E-state index contributed by atoms with van der Waals surface area (Å²) in [6, 6.07) is 3.28. The van der Waals surface area contributed by atoms with E-state index < -0.39 is 0 Å². The van der Waals surface area contributed by atoms with E-state index in [1.165, 1.54) is 44.5 Å². The maximum atomic E-state index is 12.8. The lowest BCUT2D eigenvalue weighted by Gasteiger charge is -2.34. The summed E-state index contributed by atoms with van der Waals surface area (Å²) in [7, 11) is 0. The zero-order valence-electron chi connectivity index (χ0n) is 18.3. The van der Waals surface area contributed by atoms with Crippen molar-refractivity contribution < 1.29 is 14.3 Å². The molecule has 1 N–H and O–H groups in total. The molecular formula is C23H30N6O3. The van der Waals surface area contributed by atoms with E-state index in [1.807, 2.05) is 6.07 Å². The molecule has 1 aliphatic carbocycles. The van der Waals surface area contributed by atoms with Gasteiger partial charge in [-0.15, -0.1) is 0 Å². The van der Waals surface area contributed by atoms with Crippen molar-refractivity contribution in [1.29, 1.82) is 0 Å². The Labute approximate surface area is 188 Å². The third kappa shape index (κ3) is 5.93. The quantitative estimate of drug-likeness (QED) is 0.743. The molecule has 0 radical (unpaired) electrons. The summed E-state index contributed by atoms with van der Waals surface area (Å²) in [5, 5.41) is 2.71. The topological polar surface area (TPSA) is 101 Å². The van der Waals surface area contributed by atoms with Gasteiger partial charge in [-0.3, -0.25) is 15.1 Å². The molecule has 3 heterocycles. The summed E-state index contributed by atoms with van der Waals surface area (Å²) >= 11 is 0. The first kappa shape index (κ1) is 22.0. The molecule has 9 heteroatoms. The van der Waals surface area contributed by atoms with Crippen molar-refractivity contribution in [2.75, 3.05) is 38.1 Å². The number of anilines is 1. The largest absolute Gasteiger partial charge is 0.492 e. The molecule has 0 spiro atoms. The first-order valence-corrected chi connectivity index (χ1v) is 11.4. The Kier molecular flexibility index (Phi) is 7.47. The fourth-order valence-electron chi connectivity index (χ4n) is 4.24. The number of pyridine rings is 1. The van der Waals surface area contributed by atoms with Crippen molar-refractivity contribution in [1.82, 2.24) is 24.8 Å². The van der Waals surface area contributed by atoms with Crippen LogP contribution in [0.4, 0.5) is 10.6 Å². The average Bonchev–Trinajstić information content (AvgIpc) is 2.85. The summed E-state index contributed by atoms with van der Waals surface area (Å²) in [4.78, 5) is 40.8. The molecule has 1 aliphatic heterocycles. The number of amides is 3. The van der Waals surface area contributed by atoms with Crippen LogP contribution in [0.25, 0.3) is 0 Å². The molecular weight excluding hydrogens is 408 g/mol. The fourth-order valence-corrected chi connectivity index (χ4v) is 4.24. The minimum absolute atomic E-state index is 0.132. The fraction of sp³-hybridized carbons (Fsp3) is 0.522. The molecule has 4 rings (SSSR count). The Morgan fingerprint density at radius 1 is 0.969 bits per heavy atom. The molecule has 2 aliphatic rings. The number of carbonyl (C=O) groups is 2. The smallest absolute Gasteiger partial charge is 0.323 e. The number of hydrogen-bond donors (Lipinski definition) is 1. The number of hydrogen-bond acceptors (Lipinski definition) is 6. The van der Waals surface area contributed by atoms with Crippen molar-refractivity contribution in [2.24, 2.45) is 5.92 Å². The predicted octanol–water partition coefficient (Wildman–Crippen LogP) is 3.21. The Balaban J connectivity index is 1.21. The molecule has 3 amide bonds. The highest BCUT2D eigenvalue weighted by Gasteiger charge is 2.25. The third-order valence-electron chi connectivity index (χ3n) is 6.13. The second-order valence-electron chi connectivity index (χ2n) is 8.32. The van der Waals surface area contributed by atoms with Crippen LogP contribution in [-0.2, 0) is 0 Å². The molecule has 0 atom stereocenters. The van der Waals surface area contributed by atoms with Crippen LogP contribution < -0.4 is 10.1 Å². The van der Waals surface area contributed by atoms with Crippen LogP contribution in [0.3, 0.4) is 0 Å². The average molecular weight is 439 g/mol. The molecule has 0 unspecified atom stereocenters. The summed E-state index contributed by atoms with van der Waals surface area (Å²) in [5.74, 6) is 1.75. The van der Waals surface area contributed by atoms with E-state index in [4.69, 9.17) is 4.74 Å². The van der Waals surface area contributed by atoms with Crippen LogP contribution in [0.2, 0.25) is 0 Å². The molecule has 1 saturated heterocycles. The molecule has 1 saturated carbocycles. The summed E-state index contributed by atoms with van der Waals surface area (Å²) < 4.78 is 5.83. The Morgan fingerprint density at radius 3 is 2.44 bits per heavy atom. The van der Waals surface area contributed by atoms with Gasteiger partial charge in [0.05, 0.1) is 19.0 Å². The number of carbonyl (C=O) groups excluding carboxylic acids is 2. The SMILES string of the molecule is O=C(Nc1cnccn1)N1CCN(C(=O)c2ccc(OCCC3CCCCC3)cn2)CC1. The molecule has 0 bridgehead atoms. The van der Waals surface area contributed by atoms with Crippen molar-refractivity contribution >= 4 is 17.8 Å². The normalized spacial score (nSPS) is 17.1. The lowest BCUT2D eigenvalue weighted by molar-refractivity contribution is 0.0665. The van der Waals surface area contributed by atoms with Crippen molar-refractivity contribution in [3.05, 3.63) is 42.6 Å². The van der Waals surface area contributed by atoms with Crippen LogP contribution in [0.5, 0.6) is 5.75 Å². The number of nitrogens with zero attached hydrogens (tertiary/aromatic N) is 5. The van der Waals surface area contributed by atoms with Gasteiger partial charge in [0.2, 0.25) is 0 Å². The van der Waals surface area contributed by atoms with Gasteiger partial charge in [-0.05, 0) is 24.5 Å². The van der Waals surface area contributed by atoms with Crippen LogP contribution >= 0.6 is 0 Å². The van der Waals surface area contributed by atoms with Crippen LogP contribution in [-0.4, -0.2) is 69.5 Å². The Hall–Kier alpha value is -3.23. The number of urea groups is 1. The summed E-state index contributed by atoms with van der Waals surface area (Å²) in [5.41, 5.74) is 0.391. The van der Waals surface area contributed by atoms with Gasteiger partial charge in [0.15, 0.2) is 5.82 Å². The van der Waals surface area contributed by atoms with Crippen LogP contribution in [0.15, 0.2) is 36.9 Å². The monoisotopic (exact) mass is 438 g/mol. The van der Waals surface area contributed by atoms with Gasteiger partial charge in [-0.2, -0.15) is 0 Å². The minimum atomic E-state index is -0.245. The number of piperazine rings is 1. The molecule has 170 valence electrons. The lowest BCUT2D eigenvalue weighted by atomic mass is 9.87. The minimum Gasteiger partial charge on any atom is -0.492 e. The summed E-state index contributed by atoms with van der Waals surface area (Å²) in [6.45, 7) is 2.49. The summed E-state index contributed by atoms with van der Waals surface area (Å²) in [6.07, 6.45) is 13.9. The zero-order chi connectivity index (χ0) is 22.2. The highest BCUT2D eigenvalue weighted by molar-refractivity contribution is 5.93. The maximum Gasteiger partial charge on any atom is 0.323 e.